The first-order valence-corrected chi connectivity index (χ1v) is 7.28. The molecule has 0 spiro atoms. The molecular weight excluding hydrogens is 212 g/mol. The minimum atomic E-state index is 0.598. The van der Waals surface area contributed by atoms with E-state index >= 15 is 0 Å². The highest BCUT2D eigenvalue weighted by atomic mass is 16.5. The molecule has 1 aliphatic heterocycles. The fourth-order valence-corrected chi connectivity index (χ4v) is 2.77. The van der Waals surface area contributed by atoms with Crippen LogP contribution in [0.4, 0.5) is 0 Å². The van der Waals surface area contributed by atoms with E-state index in [-0.39, 0.29) is 0 Å². The van der Waals surface area contributed by atoms with Crippen molar-refractivity contribution in [2.45, 2.75) is 58.2 Å². The molecule has 2 rings (SSSR count). The summed E-state index contributed by atoms with van der Waals surface area (Å²) in [5, 5.41) is 3.75. The monoisotopic (exact) mass is 240 g/mol. The van der Waals surface area contributed by atoms with E-state index in [1.165, 1.54) is 32.4 Å². The average Bonchev–Trinajstić information content (AvgIpc) is 2.97. The van der Waals surface area contributed by atoms with Crippen LogP contribution < -0.4 is 5.32 Å². The third kappa shape index (κ3) is 3.94. The molecule has 0 aromatic heterocycles. The third-order valence-electron chi connectivity index (χ3n) is 4.00. The Labute approximate surface area is 106 Å². The minimum Gasteiger partial charge on any atom is -0.380 e. The van der Waals surface area contributed by atoms with E-state index in [0.29, 0.717) is 12.0 Å². The summed E-state index contributed by atoms with van der Waals surface area (Å²) in [6.07, 6.45) is 4.10. The molecule has 2 atom stereocenters. The quantitative estimate of drug-likeness (QED) is 0.735. The van der Waals surface area contributed by atoms with Crippen LogP contribution in [0, 0.1) is 5.92 Å². The lowest BCUT2D eigenvalue weighted by molar-refractivity contribution is 0.0547. The molecule has 1 heterocycles. The molecule has 0 aromatic carbocycles. The number of nitrogens with one attached hydrogen (secondary N) is 1. The van der Waals surface area contributed by atoms with Crippen LogP contribution in [-0.2, 0) is 4.74 Å². The van der Waals surface area contributed by atoms with Gasteiger partial charge in [-0.1, -0.05) is 13.8 Å². The van der Waals surface area contributed by atoms with Crippen LogP contribution >= 0.6 is 0 Å². The predicted molar refractivity (Wildman–Crippen MR) is 71.3 cm³/mol. The average molecular weight is 240 g/mol. The van der Waals surface area contributed by atoms with Gasteiger partial charge in [-0.2, -0.15) is 0 Å². The Morgan fingerprint density at radius 1 is 1.24 bits per heavy atom. The van der Waals surface area contributed by atoms with Gasteiger partial charge < -0.3 is 10.1 Å². The van der Waals surface area contributed by atoms with Gasteiger partial charge in [-0.25, -0.2) is 0 Å². The van der Waals surface area contributed by atoms with Crippen LogP contribution in [0.5, 0.6) is 0 Å². The zero-order valence-electron chi connectivity index (χ0n) is 11.6. The number of hydrogen-bond acceptors (Lipinski definition) is 3. The molecule has 1 saturated carbocycles. The topological polar surface area (TPSA) is 24.5 Å². The van der Waals surface area contributed by atoms with Crippen LogP contribution in [0.1, 0.15) is 40.0 Å². The van der Waals surface area contributed by atoms with Gasteiger partial charge in [-0.3, -0.25) is 4.90 Å². The summed E-state index contributed by atoms with van der Waals surface area (Å²) < 4.78 is 5.64. The smallest absolute Gasteiger partial charge is 0.0624 e. The number of rotatable bonds is 7. The van der Waals surface area contributed by atoms with Gasteiger partial charge in [0.1, 0.15) is 0 Å². The molecule has 0 amide bonds. The van der Waals surface area contributed by atoms with Crippen molar-refractivity contribution in [2.24, 2.45) is 5.92 Å². The number of hydrogen-bond donors (Lipinski definition) is 1. The molecule has 0 radical (unpaired) electrons. The Bertz CT molecular complexity index is 228. The van der Waals surface area contributed by atoms with Crippen LogP contribution in [0.3, 0.4) is 0 Å². The lowest BCUT2D eigenvalue weighted by Gasteiger charge is -2.31. The van der Waals surface area contributed by atoms with Crippen molar-refractivity contribution < 1.29 is 4.74 Å². The van der Waals surface area contributed by atoms with E-state index in [4.69, 9.17) is 4.74 Å². The first kappa shape index (κ1) is 13.3. The van der Waals surface area contributed by atoms with Crippen LogP contribution in [0.2, 0.25) is 0 Å². The van der Waals surface area contributed by atoms with E-state index in [1.807, 2.05) is 0 Å². The standard InChI is InChI=1S/C14H28N2O/c1-4-17-10-14(11(2)3)16-8-7-13(9-16)15-12-5-6-12/h11-15H,4-10H2,1-3H3. The molecule has 100 valence electrons. The predicted octanol–water partition coefficient (Wildman–Crippen LogP) is 1.87. The molecule has 2 unspecified atom stereocenters. The summed E-state index contributed by atoms with van der Waals surface area (Å²) in [5.41, 5.74) is 0. The van der Waals surface area contributed by atoms with Crippen LogP contribution in [-0.4, -0.2) is 49.3 Å². The van der Waals surface area contributed by atoms with E-state index in [0.717, 1.165) is 25.3 Å². The van der Waals surface area contributed by atoms with Gasteiger partial charge in [0.2, 0.25) is 0 Å². The molecule has 17 heavy (non-hydrogen) atoms. The normalized spacial score (nSPS) is 27.9. The molecular formula is C14H28N2O. The summed E-state index contributed by atoms with van der Waals surface area (Å²) in [5.74, 6) is 0.682. The van der Waals surface area contributed by atoms with Crippen molar-refractivity contribution in [3.05, 3.63) is 0 Å². The van der Waals surface area contributed by atoms with Crippen molar-refractivity contribution in [1.29, 1.82) is 0 Å². The highest BCUT2D eigenvalue weighted by Crippen LogP contribution is 2.24. The van der Waals surface area contributed by atoms with Gasteiger partial charge in [-0.15, -0.1) is 0 Å². The van der Waals surface area contributed by atoms with E-state index in [2.05, 4.69) is 31.0 Å². The fourth-order valence-electron chi connectivity index (χ4n) is 2.77. The highest BCUT2D eigenvalue weighted by Gasteiger charge is 2.32. The zero-order valence-corrected chi connectivity index (χ0v) is 11.6. The molecule has 1 saturated heterocycles. The summed E-state index contributed by atoms with van der Waals surface area (Å²) in [6.45, 7) is 10.9. The fraction of sp³-hybridized carbons (Fsp3) is 1.00. The first-order valence-electron chi connectivity index (χ1n) is 7.28. The second-order valence-corrected chi connectivity index (χ2v) is 5.89. The van der Waals surface area contributed by atoms with Gasteiger partial charge in [-0.05, 0) is 32.1 Å². The highest BCUT2D eigenvalue weighted by molar-refractivity contribution is 4.91. The van der Waals surface area contributed by atoms with Gasteiger partial charge >= 0.3 is 0 Å². The van der Waals surface area contributed by atoms with Crippen molar-refractivity contribution in [1.82, 2.24) is 10.2 Å². The van der Waals surface area contributed by atoms with E-state index < -0.39 is 0 Å². The Balaban J connectivity index is 1.78. The Morgan fingerprint density at radius 3 is 2.59 bits per heavy atom. The maximum absolute atomic E-state index is 5.64. The summed E-state index contributed by atoms with van der Waals surface area (Å²) >= 11 is 0. The second-order valence-electron chi connectivity index (χ2n) is 5.89. The SMILES string of the molecule is CCOCC(C(C)C)N1CCC(NC2CC2)C1. The molecule has 2 fully saturated rings. The van der Waals surface area contributed by atoms with Crippen molar-refractivity contribution >= 4 is 0 Å². The number of likely N-dealkylation sites (tertiary alicyclic amines) is 1. The molecule has 0 aromatic rings. The van der Waals surface area contributed by atoms with Gasteiger partial charge in [0.25, 0.3) is 0 Å². The Hall–Kier alpha value is -0.120. The summed E-state index contributed by atoms with van der Waals surface area (Å²) in [7, 11) is 0. The van der Waals surface area contributed by atoms with Crippen molar-refractivity contribution in [3.63, 3.8) is 0 Å². The molecule has 3 nitrogen and oxygen atoms in total. The Morgan fingerprint density at radius 2 is 2.00 bits per heavy atom. The van der Waals surface area contributed by atoms with Gasteiger partial charge in [0.05, 0.1) is 6.61 Å². The summed E-state index contributed by atoms with van der Waals surface area (Å²) in [4.78, 5) is 2.63. The second kappa shape index (κ2) is 6.17. The maximum atomic E-state index is 5.64. The zero-order chi connectivity index (χ0) is 12.3. The summed E-state index contributed by atoms with van der Waals surface area (Å²) in [6, 6.07) is 2.16. The molecule has 0 bridgehead atoms. The number of nitrogens with zero attached hydrogens (tertiary/aromatic N) is 1. The minimum absolute atomic E-state index is 0.598. The van der Waals surface area contributed by atoms with Gasteiger partial charge in [0.15, 0.2) is 0 Å². The van der Waals surface area contributed by atoms with Crippen molar-refractivity contribution in [3.8, 4) is 0 Å². The van der Waals surface area contributed by atoms with E-state index in [1.54, 1.807) is 0 Å². The van der Waals surface area contributed by atoms with Gasteiger partial charge in [0, 0.05) is 37.8 Å². The molecule has 1 aliphatic carbocycles. The first-order chi connectivity index (χ1) is 8.20. The van der Waals surface area contributed by atoms with Crippen LogP contribution in [0.15, 0.2) is 0 Å². The maximum Gasteiger partial charge on any atom is 0.0624 e. The largest absolute Gasteiger partial charge is 0.380 e. The lowest BCUT2D eigenvalue weighted by Crippen LogP contribution is -2.43. The molecule has 3 heteroatoms. The molecule has 1 N–H and O–H groups in total. The van der Waals surface area contributed by atoms with E-state index in [9.17, 15) is 0 Å². The lowest BCUT2D eigenvalue weighted by atomic mass is 10.0. The third-order valence-corrected chi connectivity index (χ3v) is 4.00. The Kier molecular flexibility index (Phi) is 4.83. The number of ether oxygens (including phenoxy) is 1. The molecule has 2 aliphatic rings. The van der Waals surface area contributed by atoms with Crippen LogP contribution in [0.25, 0.3) is 0 Å². The van der Waals surface area contributed by atoms with Crippen molar-refractivity contribution in [2.75, 3.05) is 26.3 Å².